The zero-order valence-corrected chi connectivity index (χ0v) is 26.8. The van der Waals surface area contributed by atoms with Gasteiger partial charge in [-0.05, 0) is 110 Å². The molecule has 2 unspecified atom stereocenters. The lowest BCUT2D eigenvalue weighted by molar-refractivity contribution is 0.123. The van der Waals surface area contributed by atoms with Crippen molar-refractivity contribution in [3.8, 4) is 5.69 Å². The van der Waals surface area contributed by atoms with E-state index in [2.05, 4.69) is 161 Å². The molecule has 6 aromatic rings. The zero-order valence-electron chi connectivity index (χ0n) is 25.2. The Morgan fingerprint density at radius 1 is 0.705 bits per heavy atom. The molecule has 1 aromatic heterocycles. The summed E-state index contributed by atoms with van der Waals surface area (Å²) in [5.74, 6) is 1.97. The zero-order chi connectivity index (χ0) is 29.6. The second-order valence-corrected chi connectivity index (χ2v) is 14.2. The van der Waals surface area contributed by atoms with Gasteiger partial charge in [0.1, 0.15) is 0 Å². The van der Waals surface area contributed by atoms with Crippen molar-refractivity contribution in [2.24, 2.45) is 17.8 Å². The van der Waals surface area contributed by atoms with Crippen LogP contribution in [-0.4, -0.2) is 4.57 Å². The first-order valence-electron chi connectivity index (χ1n) is 16.0. The lowest BCUT2D eigenvalue weighted by Crippen LogP contribution is -2.49. The quantitative estimate of drug-likeness (QED) is 0.172. The van der Waals surface area contributed by atoms with Gasteiger partial charge in [0.05, 0.1) is 22.4 Å². The van der Waals surface area contributed by atoms with Gasteiger partial charge in [0, 0.05) is 32.0 Å². The molecule has 3 atom stereocenters. The van der Waals surface area contributed by atoms with Gasteiger partial charge in [-0.25, -0.2) is 0 Å². The molecule has 3 aliphatic rings. The van der Waals surface area contributed by atoms with E-state index in [-0.39, 0.29) is 5.41 Å². The second-order valence-electron chi connectivity index (χ2n) is 13.3. The molecule has 1 aliphatic heterocycles. The Kier molecular flexibility index (Phi) is 5.81. The highest BCUT2D eigenvalue weighted by Crippen LogP contribution is 2.63. The number of benzene rings is 5. The summed E-state index contributed by atoms with van der Waals surface area (Å²) < 4.78 is 3.48. The summed E-state index contributed by atoms with van der Waals surface area (Å²) in [5, 5.41) is 2.55. The van der Waals surface area contributed by atoms with Crippen LogP contribution in [0, 0.1) is 17.8 Å². The number of fused-ring (bicyclic) bond motifs is 10. The van der Waals surface area contributed by atoms with Crippen LogP contribution >= 0.6 is 15.9 Å². The summed E-state index contributed by atoms with van der Waals surface area (Å²) in [5.41, 5.74) is 12.1. The third-order valence-electron chi connectivity index (χ3n) is 11.1. The fourth-order valence-electron chi connectivity index (χ4n) is 9.27. The number of anilines is 3. The fourth-order valence-corrected chi connectivity index (χ4v) is 9.65. The van der Waals surface area contributed by atoms with E-state index in [4.69, 9.17) is 0 Å². The molecular weight excluding hydrogens is 600 g/mol. The van der Waals surface area contributed by atoms with E-state index >= 15 is 0 Å². The molecule has 0 N–H and O–H groups in total. The van der Waals surface area contributed by atoms with Crippen LogP contribution in [0.25, 0.3) is 27.5 Å². The molecule has 2 nitrogen and oxygen atoms in total. The van der Waals surface area contributed by atoms with Gasteiger partial charge in [0.25, 0.3) is 0 Å². The number of allylic oxidation sites excluding steroid dienone is 2. The first-order chi connectivity index (χ1) is 21.5. The van der Waals surface area contributed by atoms with Crippen molar-refractivity contribution in [2.45, 2.75) is 38.5 Å². The fraction of sp³-hybridized carbons (Fsp3) is 0.220. The van der Waals surface area contributed by atoms with Crippen molar-refractivity contribution < 1.29 is 0 Å². The highest BCUT2D eigenvalue weighted by molar-refractivity contribution is 9.10. The smallest absolute Gasteiger partial charge is 0.0542 e. The lowest BCUT2D eigenvalue weighted by atomic mass is 9.50. The number of halogens is 1. The number of nitrogens with zero attached hydrogens (tertiary/aromatic N) is 2. The second kappa shape index (κ2) is 9.71. The third-order valence-corrected chi connectivity index (χ3v) is 11.6. The normalized spacial score (nSPS) is 21.8. The number of aromatic nitrogens is 1. The van der Waals surface area contributed by atoms with Gasteiger partial charge in [-0.2, -0.15) is 0 Å². The summed E-state index contributed by atoms with van der Waals surface area (Å²) in [4.78, 5) is 2.54. The molecule has 0 radical (unpaired) electrons. The van der Waals surface area contributed by atoms with E-state index in [0.29, 0.717) is 17.8 Å². The third kappa shape index (κ3) is 3.59. The molecule has 2 heterocycles. The molecule has 1 saturated carbocycles. The summed E-state index contributed by atoms with van der Waals surface area (Å²) in [7, 11) is 0. The van der Waals surface area contributed by atoms with Gasteiger partial charge < -0.3 is 9.47 Å². The van der Waals surface area contributed by atoms with Crippen molar-refractivity contribution >= 4 is 54.8 Å². The Morgan fingerprint density at radius 2 is 1.41 bits per heavy atom. The molecule has 0 saturated heterocycles. The van der Waals surface area contributed by atoms with Crippen LogP contribution in [0.4, 0.5) is 17.1 Å². The molecular formula is C41H35BrN2. The number of hydrogen-bond donors (Lipinski definition) is 0. The molecule has 2 bridgehead atoms. The number of hydrogen-bond acceptors (Lipinski definition) is 1. The molecule has 44 heavy (non-hydrogen) atoms. The highest BCUT2D eigenvalue weighted by Gasteiger charge is 2.53. The van der Waals surface area contributed by atoms with Crippen LogP contribution in [0.2, 0.25) is 0 Å². The monoisotopic (exact) mass is 634 g/mol. The first kappa shape index (κ1) is 26.3. The molecule has 5 aromatic carbocycles. The van der Waals surface area contributed by atoms with E-state index in [1.165, 1.54) is 69.3 Å². The first-order valence-corrected chi connectivity index (χ1v) is 16.8. The van der Waals surface area contributed by atoms with E-state index in [0.717, 1.165) is 10.2 Å². The predicted molar refractivity (Wildman–Crippen MR) is 188 cm³/mol. The molecule has 1 spiro atoms. The summed E-state index contributed by atoms with van der Waals surface area (Å²) in [6.45, 7) is 4.86. The van der Waals surface area contributed by atoms with Crippen LogP contribution in [-0.2, 0) is 5.41 Å². The summed E-state index contributed by atoms with van der Waals surface area (Å²) >= 11 is 3.70. The van der Waals surface area contributed by atoms with Crippen molar-refractivity contribution in [1.82, 2.24) is 4.57 Å². The molecule has 2 aliphatic carbocycles. The van der Waals surface area contributed by atoms with Crippen molar-refractivity contribution in [2.75, 3.05) is 4.90 Å². The van der Waals surface area contributed by atoms with Crippen molar-refractivity contribution in [1.29, 1.82) is 0 Å². The van der Waals surface area contributed by atoms with Gasteiger partial charge in [-0.1, -0.05) is 95.2 Å². The maximum Gasteiger partial charge on any atom is 0.0542 e. The van der Waals surface area contributed by atoms with E-state index < -0.39 is 0 Å². The number of rotatable bonds is 2. The SMILES string of the molecule is CC1=CCC2C[C@H]1C(C)CC21c2ccccc2N(c2ccc3c(c2)c2ccccc2n3-c2cccc(Br)c2)c2ccccc21. The molecule has 216 valence electrons. The number of para-hydroxylation sites is 3. The topological polar surface area (TPSA) is 8.17 Å². The molecule has 1 fully saturated rings. The van der Waals surface area contributed by atoms with E-state index in [1.54, 1.807) is 5.57 Å². The van der Waals surface area contributed by atoms with Crippen LogP contribution in [0.15, 0.2) is 131 Å². The molecule has 9 rings (SSSR count). The predicted octanol–water partition coefficient (Wildman–Crippen LogP) is 11.6. The van der Waals surface area contributed by atoms with E-state index in [9.17, 15) is 0 Å². The van der Waals surface area contributed by atoms with Gasteiger partial charge >= 0.3 is 0 Å². The van der Waals surface area contributed by atoms with Gasteiger partial charge in [0.15, 0.2) is 0 Å². The average molecular weight is 636 g/mol. The van der Waals surface area contributed by atoms with Crippen LogP contribution < -0.4 is 4.90 Å². The van der Waals surface area contributed by atoms with Gasteiger partial charge in [0.2, 0.25) is 0 Å². The van der Waals surface area contributed by atoms with Crippen LogP contribution in [0.5, 0.6) is 0 Å². The van der Waals surface area contributed by atoms with Crippen LogP contribution in [0.3, 0.4) is 0 Å². The van der Waals surface area contributed by atoms with Crippen molar-refractivity contribution in [3.05, 3.63) is 143 Å². The Morgan fingerprint density at radius 3 is 2.18 bits per heavy atom. The largest absolute Gasteiger partial charge is 0.310 e. The van der Waals surface area contributed by atoms with Crippen LogP contribution in [0.1, 0.15) is 44.2 Å². The van der Waals surface area contributed by atoms with Gasteiger partial charge in [-0.15, -0.1) is 0 Å². The minimum absolute atomic E-state index is 0.0254. The standard InChI is InChI=1S/C41H35BrN2/c1-26-18-19-28-22-33(26)27(2)25-41(28)35-13-4-7-16-39(35)44(40-17-8-5-14-36(40)41)31-20-21-38-34(24-31)32-12-3-6-15-37(32)43(38)30-11-9-10-29(42)23-30/h3-18,20-21,23-24,27-28,33H,19,22,25H2,1-2H3/t27?,28?,33-/m1/s1. The van der Waals surface area contributed by atoms with Crippen molar-refractivity contribution in [3.63, 3.8) is 0 Å². The average Bonchev–Trinajstić information content (AvgIpc) is 3.38. The Balaban J connectivity index is 1.28. The Labute approximate surface area is 267 Å². The molecule has 0 amide bonds. The Bertz CT molecular complexity index is 2090. The Hall–Kier alpha value is -4.08. The minimum Gasteiger partial charge on any atom is -0.310 e. The maximum atomic E-state index is 3.70. The maximum absolute atomic E-state index is 3.70. The van der Waals surface area contributed by atoms with E-state index in [1.807, 2.05) is 0 Å². The summed E-state index contributed by atoms with van der Waals surface area (Å²) in [6, 6.07) is 43.1. The lowest BCUT2D eigenvalue weighted by Gasteiger charge is -2.56. The minimum atomic E-state index is 0.0254. The highest BCUT2D eigenvalue weighted by atomic mass is 79.9. The molecule has 3 heteroatoms. The van der Waals surface area contributed by atoms with Gasteiger partial charge in [-0.3, -0.25) is 0 Å². The summed E-state index contributed by atoms with van der Waals surface area (Å²) in [6.07, 6.45) is 6.21.